The van der Waals surface area contributed by atoms with Gasteiger partial charge in [-0.1, -0.05) is 0 Å². The highest BCUT2D eigenvalue weighted by Gasteiger charge is 2.25. The molecule has 1 unspecified atom stereocenters. The number of sulfonamides is 1. The van der Waals surface area contributed by atoms with Crippen LogP contribution in [0.2, 0.25) is 0 Å². The van der Waals surface area contributed by atoms with Gasteiger partial charge in [0.05, 0.1) is 10.4 Å². The normalized spacial score (nSPS) is 13.3. The van der Waals surface area contributed by atoms with Crippen molar-refractivity contribution in [2.75, 3.05) is 20.3 Å². The molecule has 1 atom stereocenters. The van der Waals surface area contributed by atoms with E-state index in [1.54, 1.807) is 0 Å². The summed E-state index contributed by atoms with van der Waals surface area (Å²) in [5, 5.41) is 17.7. The first-order chi connectivity index (χ1) is 9.31. The van der Waals surface area contributed by atoms with Gasteiger partial charge < -0.3 is 14.9 Å². The molecular formula is C10H14BrNO6S2. The minimum Gasteiger partial charge on any atom is -0.477 e. The van der Waals surface area contributed by atoms with Crippen LogP contribution >= 0.6 is 27.3 Å². The van der Waals surface area contributed by atoms with E-state index in [1.165, 1.54) is 7.11 Å². The van der Waals surface area contributed by atoms with Crippen molar-refractivity contribution in [3.05, 3.63) is 14.7 Å². The van der Waals surface area contributed by atoms with E-state index in [1.807, 2.05) is 0 Å². The number of aliphatic hydroxyl groups excluding tert-OH is 1. The molecule has 0 fully saturated rings. The lowest BCUT2D eigenvalue weighted by molar-refractivity contribution is 0.0702. The molecule has 20 heavy (non-hydrogen) atoms. The molecule has 0 saturated carbocycles. The lowest BCUT2D eigenvalue weighted by Crippen LogP contribution is -2.38. The first-order valence-corrected chi connectivity index (χ1v) is 8.55. The predicted octanol–water partition coefficient (Wildman–Crippen LogP) is 0.884. The van der Waals surface area contributed by atoms with Crippen molar-refractivity contribution in [1.29, 1.82) is 0 Å². The van der Waals surface area contributed by atoms with E-state index in [4.69, 9.17) is 14.9 Å². The number of nitrogens with one attached hydrogen (secondary N) is 1. The van der Waals surface area contributed by atoms with E-state index >= 15 is 0 Å². The first kappa shape index (κ1) is 17.5. The Morgan fingerprint density at radius 1 is 1.60 bits per heavy atom. The van der Waals surface area contributed by atoms with Gasteiger partial charge in [-0.2, -0.15) is 0 Å². The number of ether oxygens (including phenoxy) is 1. The van der Waals surface area contributed by atoms with Crippen molar-refractivity contribution >= 4 is 43.3 Å². The summed E-state index contributed by atoms with van der Waals surface area (Å²) < 4.78 is 31.8. The third kappa shape index (κ3) is 4.50. The van der Waals surface area contributed by atoms with Crippen LogP contribution < -0.4 is 4.72 Å². The van der Waals surface area contributed by atoms with Gasteiger partial charge in [0.1, 0.15) is 9.77 Å². The molecule has 1 aromatic rings. The second-order valence-corrected chi connectivity index (χ2v) is 7.89. The second-order valence-electron chi connectivity index (χ2n) is 3.84. The van der Waals surface area contributed by atoms with Crippen molar-refractivity contribution in [2.45, 2.75) is 17.4 Å². The molecule has 0 aromatic carbocycles. The van der Waals surface area contributed by atoms with Gasteiger partial charge in [-0.15, -0.1) is 11.3 Å². The smallest absolute Gasteiger partial charge is 0.345 e. The van der Waals surface area contributed by atoms with E-state index in [0.717, 1.165) is 17.4 Å². The SMILES string of the molecule is COCC(CCO)NS(=O)(=O)c1cc(C(=O)O)sc1Br. The summed E-state index contributed by atoms with van der Waals surface area (Å²) in [7, 11) is -2.47. The summed E-state index contributed by atoms with van der Waals surface area (Å²) in [6.45, 7) is -0.0882. The minimum atomic E-state index is -3.89. The molecule has 0 bridgehead atoms. The first-order valence-electron chi connectivity index (χ1n) is 5.46. The van der Waals surface area contributed by atoms with Crippen molar-refractivity contribution < 1.29 is 28.2 Å². The number of halogens is 1. The van der Waals surface area contributed by atoms with Gasteiger partial charge in [-0.3, -0.25) is 0 Å². The quantitative estimate of drug-likeness (QED) is 0.610. The number of rotatable bonds is 8. The second kappa shape index (κ2) is 7.48. The highest BCUT2D eigenvalue weighted by atomic mass is 79.9. The van der Waals surface area contributed by atoms with Gasteiger partial charge in [0, 0.05) is 19.8 Å². The Morgan fingerprint density at radius 3 is 2.70 bits per heavy atom. The van der Waals surface area contributed by atoms with Gasteiger partial charge in [-0.05, 0) is 28.4 Å². The highest BCUT2D eigenvalue weighted by Crippen LogP contribution is 2.31. The van der Waals surface area contributed by atoms with Gasteiger partial charge in [0.25, 0.3) is 0 Å². The van der Waals surface area contributed by atoms with E-state index < -0.39 is 22.0 Å². The summed E-state index contributed by atoms with van der Waals surface area (Å²) in [6.07, 6.45) is 0.195. The van der Waals surface area contributed by atoms with Gasteiger partial charge in [-0.25, -0.2) is 17.9 Å². The average Bonchev–Trinajstić information content (AvgIpc) is 2.72. The van der Waals surface area contributed by atoms with Crippen molar-refractivity contribution in [3.63, 3.8) is 0 Å². The highest BCUT2D eigenvalue weighted by molar-refractivity contribution is 9.11. The molecule has 0 aliphatic heterocycles. The van der Waals surface area contributed by atoms with Crippen molar-refractivity contribution in [1.82, 2.24) is 4.72 Å². The standard InChI is InChI=1S/C10H14BrNO6S2/c1-18-5-6(2-3-13)12-20(16,17)8-4-7(10(14)15)19-9(8)11/h4,6,12-13H,2-3,5H2,1H3,(H,14,15). The average molecular weight is 388 g/mol. The molecule has 0 aliphatic carbocycles. The number of thiophene rings is 1. The molecule has 0 radical (unpaired) electrons. The molecule has 1 heterocycles. The Balaban J connectivity index is 3.00. The number of aromatic carboxylic acids is 1. The lowest BCUT2D eigenvalue weighted by atomic mass is 10.2. The van der Waals surface area contributed by atoms with E-state index in [2.05, 4.69) is 20.7 Å². The molecule has 1 rings (SSSR count). The topological polar surface area (TPSA) is 113 Å². The fraction of sp³-hybridized carbons (Fsp3) is 0.500. The minimum absolute atomic E-state index is 0.0808. The van der Waals surface area contributed by atoms with Crippen LogP contribution in [0.3, 0.4) is 0 Å². The number of carbonyl (C=O) groups is 1. The Morgan fingerprint density at radius 2 is 2.25 bits per heavy atom. The summed E-state index contributed by atoms with van der Waals surface area (Å²) in [4.78, 5) is 10.6. The fourth-order valence-corrected chi connectivity index (χ4v) is 5.12. The van der Waals surface area contributed by atoms with Crippen molar-refractivity contribution in [2.24, 2.45) is 0 Å². The molecule has 0 spiro atoms. The zero-order valence-electron chi connectivity index (χ0n) is 10.5. The maximum atomic E-state index is 12.2. The van der Waals surface area contributed by atoms with E-state index in [9.17, 15) is 13.2 Å². The number of carboxylic acid groups (broad SMARTS) is 1. The Bertz CT molecular complexity index is 564. The van der Waals surface area contributed by atoms with Gasteiger partial charge in [0.2, 0.25) is 10.0 Å². The number of hydrogen-bond donors (Lipinski definition) is 3. The molecule has 10 heteroatoms. The number of aliphatic hydroxyl groups is 1. The molecule has 114 valence electrons. The summed E-state index contributed by atoms with van der Waals surface area (Å²) in [5.41, 5.74) is 0. The third-order valence-electron chi connectivity index (χ3n) is 2.32. The van der Waals surface area contributed by atoms with Crippen LogP contribution in [0.25, 0.3) is 0 Å². The Hall–Kier alpha value is -0.520. The maximum absolute atomic E-state index is 12.2. The summed E-state index contributed by atoms with van der Waals surface area (Å²) in [6, 6.07) is 0.498. The Labute approximate surface area is 128 Å². The van der Waals surface area contributed by atoms with E-state index in [0.29, 0.717) is 0 Å². The molecule has 0 saturated heterocycles. The summed E-state index contributed by atoms with van der Waals surface area (Å²) >= 11 is 3.86. The lowest BCUT2D eigenvalue weighted by Gasteiger charge is -2.16. The van der Waals surface area contributed by atoms with Gasteiger partial charge in [0.15, 0.2) is 0 Å². The Kier molecular flexibility index (Phi) is 6.55. The molecule has 0 aliphatic rings. The number of carboxylic acids is 1. The number of hydrogen-bond acceptors (Lipinski definition) is 6. The molecule has 3 N–H and O–H groups in total. The monoisotopic (exact) mass is 387 g/mol. The van der Waals surface area contributed by atoms with Crippen LogP contribution in [0.5, 0.6) is 0 Å². The van der Waals surface area contributed by atoms with E-state index in [-0.39, 0.29) is 33.2 Å². The van der Waals surface area contributed by atoms with Crippen LogP contribution in [0, 0.1) is 0 Å². The zero-order valence-corrected chi connectivity index (χ0v) is 13.7. The van der Waals surface area contributed by atoms with Crippen LogP contribution in [-0.2, 0) is 14.8 Å². The fourth-order valence-electron chi connectivity index (χ4n) is 1.46. The van der Waals surface area contributed by atoms with Crippen LogP contribution in [0.15, 0.2) is 14.7 Å². The van der Waals surface area contributed by atoms with Crippen LogP contribution in [0.1, 0.15) is 16.1 Å². The molecular weight excluding hydrogens is 374 g/mol. The third-order valence-corrected chi connectivity index (χ3v) is 6.08. The molecule has 0 amide bonds. The number of methoxy groups -OCH3 is 1. The summed E-state index contributed by atoms with van der Waals surface area (Å²) in [5.74, 6) is -1.19. The largest absolute Gasteiger partial charge is 0.477 e. The van der Waals surface area contributed by atoms with Gasteiger partial charge >= 0.3 is 5.97 Å². The molecule has 7 nitrogen and oxygen atoms in total. The molecule has 1 aromatic heterocycles. The van der Waals surface area contributed by atoms with Crippen LogP contribution in [-0.4, -0.2) is 51.0 Å². The van der Waals surface area contributed by atoms with Crippen molar-refractivity contribution in [3.8, 4) is 0 Å². The van der Waals surface area contributed by atoms with Crippen LogP contribution in [0.4, 0.5) is 0 Å². The predicted molar refractivity (Wildman–Crippen MR) is 76.7 cm³/mol. The maximum Gasteiger partial charge on any atom is 0.345 e. The zero-order chi connectivity index (χ0) is 15.3.